The van der Waals surface area contributed by atoms with Crippen LogP contribution in [-0.4, -0.2) is 47.4 Å². The van der Waals surface area contributed by atoms with Gasteiger partial charge in [0, 0.05) is 12.8 Å². The smallest absolute Gasteiger partial charge is 0.305 e. The van der Waals surface area contributed by atoms with E-state index in [1.807, 2.05) is 0 Å². The molecule has 0 fully saturated rings. The zero-order chi connectivity index (χ0) is 62.0. The number of carbonyl (C=O) groups is 2. The molecule has 0 bridgehead atoms. The van der Waals surface area contributed by atoms with Gasteiger partial charge < -0.3 is 20.3 Å². The maximum Gasteiger partial charge on any atom is 0.305 e. The zero-order valence-electron chi connectivity index (χ0n) is 58.6. The lowest BCUT2D eigenvalue weighted by Crippen LogP contribution is -2.45. The number of carbonyl (C=O) groups excluding carboxylic acids is 2. The van der Waals surface area contributed by atoms with E-state index in [2.05, 4.69) is 43.5 Å². The van der Waals surface area contributed by atoms with Crippen LogP contribution in [0.2, 0.25) is 0 Å². The average molecular weight is 1210 g/mol. The summed E-state index contributed by atoms with van der Waals surface area (Å²) in [6.07, 6.45) is 96.9. The number of unbranched alkanes of at least 4 members (excludes halogenated alkanes) is 60. The van der Waals surface area contributed by atoms with Gasteiger partial charge in [-0.15, -0.1) is 0 Å². The van der Waals surface area contributed by atoms with Gasteiger partial charge in [0.1, 0.15) is 0 Å². The largest absolute Gasteiger partial charge is 0.466 e. The van der Waals surface area contributed by atoms with Gasteiger partial charge in [-0.05, 0) is 57.8 Å². The number of aliphatic hydroxyl groups excluding tert-OH is 2. The Labute approximate surface area is 539 Å². The molecule has 0 aliphatic rings. The number of allylic oxidation sites excluding steroid dienone is 4. The number of aliphatic hydroxyl groups is 2. The first-order valence-electron chi connectivity index (χ1n) is 39.6. The lowest BCUT2D eigenvalue weighted by atomic mass is 10.0. The van der Waals surface area contributed by atoms with Crippen LogP contribution in [0.1, 0.15) is 450 Å². The summed E-state index contributed by atoms with van der Waals surface area (Å²) in [6.45, 7) is 4.99. The van der Waals surface area contributed by atoms with Gasteiger partial charge in [-0.25, -0.2) is 0 Å². The molecule has 0 heterocycles. The summed E-state index contributed by atoms with van der Waals surface area (Å²) in [7, 11) is 0. The van der Waals surface area contributed by atoms with Crippen molar-refractivity contribution in [3.63, 3.8) is 0 Å². The normalized spacial score (nSPS) is 12.6. The maximum absolute atomic E-state index is 12.6. The van der Waals surface area contributed by atoms with Crippen LogP contribution in [0.4, 0.5) is 0 Å². The van der Waals surface area contributed by atoms with Crippen molar-refractivity contribution in [3.05, 3.63) is 24.3 Å². The first-order valence-corrected chi connectivity index (χ1v) is 39.6. The molecule has 0 radical (unpaired) electrons. The minimum absolute atomic E-state index is 0.0133. The van der Waals surface area contributed by atoms with Gasteiger partial charge in [0.25, 0.3) is 0 Å². The molecule has 6 heteroatoms. The second kappa shape index (κ2) is 75.8. The molecule has 0 aromatic rings. The molecule has 510 valence electrons. The number of hydrogen-bond acceptors (Lipinski definition) is 5. The molecule has 86 heavy (non-hydrogen) atoms. The van der Waals surface area contributed by atoms with Crippen LogP contribution in [0, 0.1) is 0 Å². The van der Waals surface area contributed by atoms with Crippen molar-refractivity contribution in [3.8, 4) is 0 Å². The fourth-order valence-corrected chi connectivity index (χ4v) is 12.7. The number of esters is 1. The Bertz CT molecular complexity index is 1350. The Morgan fingerprint density at radius 3 is 0.895 bits per heavy atom. The number of ether oxygens (including phenoxy) is 1. The molecular weight excluding hydrogens is 1050 g/mol. The predicted molar refractivity (Wildman–Crippen MR) is 380 cm³/mol. The highest BCUT2D eigenvalue weighted by molar-refractivity contribution is 5.76. The van der Waals surface area contributed by atoms with Crippen LogP contribution in [0.5, 0.6) is 0 Å². The Kier molecular flexibility index (Phi) is 74.3. The Morgan fingerprint density at radius 2 is 0.581 bits per heavy atom. The quantitative estimate of drug-likeness (QED) is 0.0320. The van der Waals surface area contributed by atoms with Crippen LogP contribution in [0.3, 0.4) is 0 Å². The molecule has 1 amide bonds. The standard InChI is InChI=1S/C80H155NO5/c1-3-5-7-9-11-13-15-17-19-21-23-24-34-37-40-44-48-52-56-60-64-68-72-78(83)77(76-82)81-79(84)73-69-65-61-57-53-49-45-41-38-35-32-30-28-26-25-27-29-31-33-36-39-43-47-51-55-59-63-67-71-75-86-80(85)74-70-66-62-58-54-50-46-42-22-20-18-16-14-12-10-8-6-4-2/h14,16,20,22,77-78,82-83H,3-13,15,17-19,21,23-76H2,1-2H3,(H,81,84)/b16-14-,22-20-. The van der Waals surface area contributed by atoms with Gasteiger partial charge in [0.15, 0.2) is 0 Å². The van der Waals surface area contributed by atoms with Gasteiger partial charge >= 0.3 is 5.97 Å². The number of hydrogen-bond donors (Lipinski definition) is 3. The number of nitrogens with one attached hydrogen (secondary N) is 1. The van der Waals surface area contributed by atoms with E-state index in [1.54, 1.807) is 0 Å². The van der Waals surface area contributed by atoms with Crippen LogP contribution in [0.25, 0.3) is 0 Å². The van der Waals surface area contributed by atoms with Gasteiger partial charge in [-0.3, -0.25) is 9.59 Å². The van der Waals surface area contributed by atoms with Gasteiger partial charge in [0.2, 0.25) is 5.91 Å². The Hall–Kier alpha value is -1.66. The third kappa shape index (κ3) is 71.4. The topological polar surface area (TPSA) is 95.9 Å². The molecule has 3 N–H and O–H groups in total. The minimum Gasteiger partial charge on any atom is -0.466 e. The van der Waals surface area contributed by atoms with E-state index in [9.17, 15) is 19.8 Å². The summed E-state index contributed by atoms with van der Waals surface area (Å²) in [5.74, 6) is -0.0127. The van der Waals surface area contributed by atoms with E-state index < -0.39 is 12.1 Å². The van der Waals surface area contributed by atoms with Crippen molar-refractivity contribution >= 4 is 11.9 Å². The van der Waals surface area contributed by atoms with E-state index in [0.29, 0.717) is 25.9 Å². The molecule has 2 unspecified atom stereocenters. The lowest BCUT2D eigenvalue weighted by Gasteiger charge is -2.22. The van der Waals surface area contributed by atoms with Crippen LogP contribution >= 0.6 is 0 Å². The second-order valence-corrected chi connectivity index (χ2v) is 27.4. The summed E-state index contributed by atoms with van der Waals surface area (Å²) in [4.78, 5) is 24.7. The highest BCUT2D eigenvalue weighted by Gasteiger charge is 2.20. The zero-order valence-corrected chi connectivity index (χ0v) is 58.6. The van der Waals surface area contributed by atoms with Crippen LogP contribution < -0.4 is 5.32 Å². The molecule has 0 aromatic heterocycles. The van der Waals surface area contributed by atoms with Crippen molar-refractivity contribution in [2.24, 2.45) is 0 Å². The second-order valence-electron chi connectivity index (χ2n) is 27.4. The molecule has 0 saturated carbocycles. The summed E-state index contributed by atoms with van der Waals surface area (Å²) >= 11 is 0. The van der Waals surface area contributed by atoms with E-state index in [1.165, 1.54) is 366 Å². The predicted octanol–water partition coefficient (Wildman–Crippen LogP) is 26.0. The van der Waals surface area contributed by atoms with Crippen molar-refractivity contribution in [1.29, 1.82) is 0 Å². The van der Waals surface area contributed by atoms with Crippen molar-refractivity contribution in [2.75, 3.05) is 13.2 Å². The van der Waals surface area contributed by atoms with Crippen LogP contribution in [0.15, 0.2) is 24.3 Å². The van der Waals surface area contributed by atoms with Gasteiger partial charge in [0.05, 0.1) is 25.4 Å². The average Bonchev–Trinajstić information content (AvgIpc) is 3.53. The van der Waals surface area contributed by atoms with Gasteiger partial charge in [-0.1, -0.05) is 404 Å². The summed E-state index contributed by atoms with van der Waals surface area (Å²) < 4.78 is 5.51. The highest BCUT2D eigenvalue weighted by Crippen LogP contribution is 2.20. The van der Waals surface area contributed by atoms with E-state index >= 15 is 0 Å². The van der Waals surface area contributed by atoms with Gasteiger partial charge in [-0.2, -0.15) is 0 Å². The molecular formula is C80H155NO5. The SMILES string of the molecule is CCCCCC/C=C\C/C=C\CCCCCCCCCC(=O)OCCCCCCCCCCCCCCCCCCCCCCCCCCCCCCCC(=O)NC(CO)C(O)CCCCCCCCCCCCCCCCCCCCCCCC. The minimum atomic E-state index is -0.663. The fraction of sp³-hybridized carbons (Fsp3) is 0.925. The number of amides is 1. The Morgan fingerprint density at radius 1 is 0.326 bits per heavy atom. The molecule has 0 rings (SSSR count). The molecule has 0 aliphatic heterocycles. The molecule has 6 nitrogen and oxygen atoms in total. The maximum atomic E-state index is 12.6. The summed E-state index contributed by atoms with van der Waals surface area (Å²) in [5.41, 5.74) is 0. The lowest BCUT2D eigenvalue weighted by molar-refractivity contribution is -0.143. The van der Waals surface area contributed by atoms with Crippen LogP contribution in [-0.2, 0) is 14.3 Å². The van der Waals surface area contributed by atoms with Crippen molar-refractivity contribution < 1.29 is 24.5 Å². The fourth-order valence-electron chi connectivity index (χ4n) is 12.7. The first kappa shape index (κ1) is 84.3. The summed E-state index contributed by atoms with van der Waals surface area (Å²) in [5, 5.41) is 23.5. The van der Waals surface area contributed by atoms with E-state index in [4.69, 9.17) is 4.74 Å². The van der Waals surface area contributed by atoms with Crippen molar-refractivity contribution in [2.45, 2.75) is 463 Å². The highest BCUT2D eigenvalue weighted by atomic mass is 16.5. The third-order valence-electron chi connectivity index (χ3n) is 18.8. The monoisotopic (exact) mass is 1210 g/mol. The molecule has 0 saturated heterocycles. The first-order chi connectivity index (χ1) is 42.5. The molecule has 0 aliphatic carbocycles. The summed E-state index contributed by atoms with van der Waals surface area (Å²) in [6, 6.07) is -0.540. The number of rotatable bonds is 75. The van der Waals surface area contributed by atoms with E-state index in [0.717, 1.165) is 51.4 Å². The third-order valence-corrected chi connectivity index (χ3v) is 18.8. The molecule has 0 aromatic carbocycles. The Balaban J connectivity index is 3.34. The molecule has 2 atom stereocenters. The van der Waals surface area contributed by atoms with E-state index in [-0.39, 0.29) is 18.5 Å². The van der Waals surface area contributed by atoms with Crippen molar-refractivity contribution in [1.82, 2.24) is 5.32 Å². The molecule has 0 spiro atoms.